The van der Waals surface area contributed by atoms with Gasteiger partial charge in [-0.25, -0.2) is 8.42 Å². The summed E-state index contributed by atoms with van der Waals surface area (Å²) in [4.78, 5) is 13.1. The van der Waals surface area contributed by atoms with E-state index in [2.05, 4.69) is 21.2 Å². The van der Waals surface area contributed by atoms with Gasteiger partial charge in [0.25, 0.3) is 0 Å². The molecule has 0 aliphatic carbocycles. The van der Waals surface area contributed by atoms with Gasteiger partial charge in [0.2, 0.25) is 15.9 Å². The van der Waals surface area contributed by atoms with E-state index in [1.165, 1.54) is 4.31 Å². The van der Waals surface area contributed by atoms with Crippen LogP contribution in [0.15, 0.2) is 82.2 Å². The van der Waals surface area contributed by atoms with Crippen molar-refractivity contribution in [1.82, 2.24) is 9.62 Å². The maximum Gasteiger partial charge on any atom is 0.243 e. The zero-order chi connectivity index (χ0) is 23.3. The Morgan fingerprint density at radius 2 is 1.66 bits per heavy atom. The Morgan fingerprint density at radius 3 is 2.31 bits per heavy atom. The van der Waals surface area contributed by atoms with Gasteiger partial charge < -0.3 is 5.32 Å². The molecule has 0 heterocycles. The van der Waals surface area contributed by atoms with Crippen molar-refractivity contribution >= 4 is 31.9 Å². The number of carbonyl (C=O) groups is 1. The van der Waals surface area contributed by atoms with Crippen LogP contribution >= 0.6 is 15.9 Å². The molecular formula is C25H27BrN2O3S. The van der Waals surface area contributed by atoms with E-state index in [0.29, 0.717) is 0 Å². The summed E-state index contributed by atoms with van der Waals surface area (Å²) in [5, 5.41) is 2.92. The largest absolute Gasteiger partial charge is 0.348 e. The normalized spacial score (nSPS) is 12.5. The molecule has 0 spiro atoms. The molecule has 3 aromatic carbocycles. The molecule has 5 nitrogen and oxygen atoms in total. The van der Waals surface area contributed by atoms with Crippen LogP contribution in [0.25, 0.3) is 0 Å². The summed E-state index contributed by atoms with van der Waals surface area (Å²) in [5.74, 6) is -0.360. The van der Waals surface area contributed by atoms with Crippen molar-refractivity contribution in [3.05, 3.63) is 99.5 Å². The quantitative estimate of drug-likeness (QED) is 0.452. The molecule has 1 amide bonds. The number of sulfonamides is 1. The molecule has 0 saturated carbocycles. The van der Waals surface area contributed by atoms with Gasteiger partial charge in [0.1, 0.15) is 0 Å². The van der Waals surface area contributed by atoms with E-state index in [0.717, 1.165) is 26.7 Å². The van der Waals surface area contributed by atoms with Crippen LogP contribution in [0.4, 0.5) is 0 Å². The Morgan fingerprint density at radius 1 is 0.969 bits per heavy atom. The van der Waals surface area contributed by atoms with Gasteiger partial charge in [0.15, 0.2) is 0 Å². The van der Waals surface area contributed by atoms with Gasteiger partial charge in [0, 0.05) is 11.0 Å². The smallest absolute Gasteiger partial charge is 0.243 e. The Labute approximate surface area is 198 Å². The molecule has 0 fully saturated rings. The van der Waals surface area contributed by atoms with Crippen LogP contribution in [0.3, 0.4) is 0 Å². The highest BCUT2D eigenvalue weighted by atomic mass is 79.9. The van der Waals surface area contributed by atoms with Crippen LogP contribution in [0, 0.1) is 13.8 Å². The highest BCUT2D eigenvalue weighted by molar-refractivity contribution is 9.10. The number of carbonyl (C=O) groups excluding carboxylic acids is 1. The fourth-order valence-corrected chi connectivity index (χ4v) is 5.21. The SMILES string of the molecule is Cc1ccc(S(=O)(=O)N(CC(=O)N[C@@H](C)c2cccc(Br)c2)Cc2cccc(C)c2)cc1. The summed E-state index contributed by atoms with van der Waals surface area (Å²) >= 11 is 3.44. The molecule has 0 aliphatic heterocycles. The summed E-state index contributed by atoms with van der Waals surface area (Å²) in [6.07, 6.45) is 0. The molecule has 1 atom stereocenters. The third-order valence-electron chi connectivity index (χ3n) is 5.15. The van der Waals surface area contributed by atoms with E-state index in [1.807, 2.05) is 69.3 Å². The van der Waals surface area contributed by atoms with Crippen LogP contribution in [0.5, 0.6) is 0 Å². The van der Waals surface area contributed by atoms with E-state index < -0.39 is 10.0 Å². The second-order valence-corrected chi connectivity index (χ2v) is 10.8. The van der Waals surface area contributed by atoms with Crippen LogP contribution in [-0.4, -0.2) is 25.2 Å². The van der Waals surface area contributed by atoms with Gasteiger partial charge in [-0.05, 0) is 56.2 Å². The van der Waals surface area contributed by atoms with E-state index in [9.17, 15) is 13.2 Å². The van der Waals surface area contributed by atoms with Crippen molar-refractivity contribution in [2.24, 2.45) is 0 Å². The fraction of sp³-hybridized carbons (Fsp3) is 0.240. The van der Waals surface area contributed by atoms with E-state index >= 15 is 0 Å². The van der Waals surface area contributed by atoms with Crippen molar-refractivity contribution in [3.63, 3.8) is 0 Å². The lowest BCUT2D eigenvalue weighted by Gasteiger charge is -2.23. The third-order valence-corrected chi connectivity index (χ3v) is 7.45. The maximum absolute atomic E-state index is 13.4. The first-order chi connectivity index (χ1) is 15.1. The minimum atomic E-state index is -3.87. The first-order valence-corrected chi connectivity index (χ1v) is 12.6. The van der Waals surface area contributed by atoms with Crippen molar-refractivity contribution < 1.29 is 13.2 Å². The van der Waals surface area contributed by atoms with E-state index in [1.54, 1.807) is 24.3 Å². The molecule has 0 aliphatic rings. The van der Waals surface area contributed by atoms with Gasteiger partial charge in [0.05, 0.1) is 17.5 Å². The minimum Gasteiger partial charge on any atom is -0.348 e. The van der Waals surface area contributed by atoms with Crippen molar-refractivity contribution in [1.29, 1.82) is 0 Å². The summed E-state index contributed by atoms with van der Waals surface area (Å²) < 4.78 is 29.0. The number of halogens is 1. The Balaban J connectivity index is 1.84. The number of hydrogen-bond acceptors (Lipinski definition) is 3. The number of nitrogens with zero attached hydrogens (tertiary/aromatic N) is 1. The summed E-state index contributed by atoms with van der Waals surface area (Å²) in [5.41, 5.74) is 3.76. The Bertz CT molecular complexity index is 1190. The number of hydrogen-bond donors (Lipinski definition) is 1. The molecule has 1 N–H and O–H groups in total. The molecular weight excluding hydrogens is 488 g/mol. The maximum atomic E-state index is 13.4. The van der Waals surface area contributed by atoms with Gasteiger partial charge in [-0.2, -0.15) is 4.31 Å². The molecule has 0 bridgehead atoms. The van der Waals surface area contributed by atoms with E-state index in [4.69, 9.17) is 0 Å². The molecule has 7 heteroatoms. The summed E-state index contributed by atoms with van der Waals surface area (Å²) in [6, 6.07) is 21.7. The minimum absolute atomic E-state index is 0.108. The average Bonchev–Trinajstić information content (AvgIpc) is 2.73. The van der Waals surface area contributed by atoms with E-state index in [-0.39, 0.29) is 29.9 Å². The molecule has 3 aromatic rings. The lowest BCUT2D eigenvalue weighted by Crippen LogP contribution is -2.41. The zero-order valence-electron chi connectivity index (χ0n) is 18.4. The highest BCUT2D eigenvalue weighted by Crippen LogP contribution is 2.21. The van der Waals surface area contributed by atoms with Gasteiger partial charge in [-0.3, -0.25) is 4.79 Å². The molecule has 0 aromatic heterocycles. The topological polar surface area (TPSA) is 66.5 Å². The first kappa shape index (κ1) is 24.2. The van der Waals surface area contributed by atoms with Crippen LogP contribution in [0.1, 0.15) is 35.2 Å². The van der Waals surface area contributed by atoms with Gasteiger partial charge in [-0.15, -0.1) is 0 Å². The Kier molecular flexibility index (Phi) is 7.87. The monoisotopic (exact) mass is 514 g/mol. The number of amides is 1. The number of nitrogens with one attached hydrogen (secondary N) is 1. The molecule has 3 rings (SSSR count). The standard InChI is InChI=1S/C25H27BrN2O3S/c1-18-10-12-24(13-11-18)32(30,31)28(16-21-7-4-6-19(2)14-21)17-25(29)27-20(3)22-8-5-9-23(26)15-22/h4-15,20H,16-17H2,1-3H3,(H,27,29)/t20-/m0/s1. The predicted molar refractivity (Wildman–Crippen MR) is 131 cm³/mol. The number of aryl methyl sites for hydroxylation is 2. The van der Waals surface area contributed by atoms with Crippen molar-refractivity contribution in [2.45, 2.75) is 38.3 Å². The Hall–Kier alpha value is -2.48. The number of benzene rings is 3. The van der Waals surface area contributed by atoms with Crippen molar-refractivity contribution in [2.75, 3.05) is 6.54 Å². The van der Waals surface area contributed by atoms with Crippen LogP contribution in [0.2, 0.25) is 0 Å². The highest BCUT2D eigenvalue weighted by Gasteiger charge is 2.27. The average molecular weight is 515 g/mol. The number of rotatable bonds is 8. The summed E-state index contributed by atoms with van der Waals surface area (Å²) in [7, 11) is -3.87. The van der Waals surface area contributed by atoms with Gasteiger partial charge in [-0.1, -0.05) is 75.6 Å². The molecule has 0 radical (unpaired) electrons. The second kappa shape index (κ2) is 10.4. The van der Waals surface area contributed by atoms with Crippen LogP contribution in [-0.2, 0) is 21.4 Å². The van der Waals surface area contributed by atoms with Crippen molar-refractivity contribution in [3.8, 4) is 0 Å². The fourth-order valence-electron chi connectivity index (χ4n) is 3.41. The third kappa shape index (κ3) is 6.28. The second-order valence-electron chi connectivity index (χ2n) is 7.92. The lowest BCUT2D eigenvalue weighted by atomic mass is 10.1. The zero-order valence-corrected chi connectivity index (χ0v) is 20.8. The molecule has 0 unspecified atom stereocenters. The first-order valence-electron chi connectivity index (χ1n) is 10.3. The summed E-state index contributed by atoms with van der Waals surface area (Å²) in [6.45, 7) is 5.56. The van der Waals surface area contributed by atoms with Gasteiger partial charge >= 0.3 is 0 Å². The molecule has 0 saturated heterocycles. The lowest BCUT2D eigenvalue weighted by molar-refractivity contribution is -0.122. The molecule has 168 valence electrons. The predicted octanol–water partition coefficient (Wildman–Crippen LogP) is 5.13. The molecule has 32 heavy (non-hydrogen) atoms. The van der Waals surface area contributed by atoms with Crippen LogP contribution < -0.4 is 5.32 Å².